The van der Waals surface area contributed by atoms with Crippen LogP contribution in [-0.4, -0.2) is 31.0 Å². The van der Waals surface area contributed by atoms with Gasteiger partial charge >= 0.3 is 0 Å². The van der Waals surface area contributed by atoms with E-state index < -0.39 is 10.0 Å². The number of nitrogens with one attached hydrogen (secondary N) is 2. The normalized spacial score (nSPS) is 11.2. The van der Waals surface area contributed by atoms with Crippen LogP contribution < -0.4 is 10.0 Å². The zero-order valence-electron chi connectivity index (χ0n) is 14.6. The fourth-order valence-electron chi connectivity index (χ4n) is 2.37. The van der Waals surface area contributed by atoms with Gasteiger partial charge in [-0.1, -0.05) is 16.8 Å². The highest BCUT2D eigenvalue weighted by atomic mass is 35.5. The number of anilines is 2. The van der Waals surface area contributed by atoms with E-state index in [9.17, 15) is 18.3 Å². The molecule has 0 unspecified atom stereocenters. The Morgan fingerprint density at radius 2 is 1.89 bits per heavy atom. The minimum atomic E-state index is -3.82. The summed E-state index contributed by atoms with van der Waals surface area (Å²) in [5, 5.41) is 16.6. The molecule has 146 valence electrons. The van der Waals surface area contributed by atoms with Gasteiger partial charge in [0.25, 0.3) is 10.0 Å². The number of hydrogen-bond donors (Lipinski definition) is 3. The molecule has 0 spiro atoms. The molecule has 0 saturated heterocycles. The quantitative estimate of drug-likeness (QED) is 0.499. The second-order valence-corrected chi connectivity index (χ2v) is 8.01. The molecule has 0 saturated carbocycles. The molecule has 0 aliphatic carbocycles. The number of benzene rings is 2. The van der Waals surface area contributed by atoms with Crippen molar-refractivity contribution in [2.45, 2.75) is 11.8 Å². The lowest BCUT2D eigenvalue weighted by atomic mass is 10.1. The molecule has 8 nitrogen and oxygen atoms in total. The number of rotatable bonds is 7. The molecule has 0 aliphatic rings. The largest absolute Gasteiger partial charge is 0.507 e. The lowest BCUT2D eigenvalue weighted by molar-refractivity contribution is 0.100. The van der Waals surface area contributed by atoms with Crippen molar-refractivity contribution < 1.29 is 22.8 Å². The summed E-state index contributed by atoms with van der Waals surface area (Å²) in [6, 6.07) is 11.5. The fraction of sp³-hybridized carbons (Fsp3) is 0.111. The van der Waals surface area contributed by atoms with Gasteiger partial charge in [-0.15, -0.1) is 0 Å². The Morgan fingerprint density at radius 3 is 2.54 bits per heavy atom. The number of hydrogen-bond acceptors (Lipinski definition) is 7. The average Bonchev–Trinajstić information content (AvgIpc) is 3.06. The van der Waals surface area contributed by atoms with Crippen molar-refractivity contribution in [2.24, 2.45) is 0 Å². The number of carbonyl (C=O) groups is 1. The molecule has 0 bridgehead atoms. The van der Waals surface area contributed by atoms with Gasteiger partial charge in [-0.05, 0) is 49.4 Å². The third-order valence-electron chi connectivity index (χ3n) is 3.74. The fourth-order valence-corrected chi connectivity index (χ4v) is 3.53. The van der Waals surface area contributed by atoms with Crippen molar-refractivity contribution >= 4 is 38.9 Å². The van der Waals surface area contributed by atoms with E-state index in [2.05, 4.69) is 15.2 Å². The summed E-state index contributed by atoms with van der Waals surface area (Å²) in [4.78, 5) is 12.2. The SMILES string of the molecule is Cc1cc(NS(=O)(=O)c2ccc(NCC(=O)c3cc(Cl)ccc3O)cc2)no1. The first kappa shape index (κ1) is 19.7. The smallest absolute Gasteiger partial charge is 0.263 e. The first-order valence-corrected chi connectivity index (χ1v) is 9.92. The molecule has 3 N–H and O–H groups in total. The maximum absolute atomic E-state index is 12.3. The predicted molar refractivity (Wildman–Crippen MR) is 104 cm³/mol. The summed E-state index contributed by atoms with van der Waals surface area (Å²) in [6.45, 7) is 1.55. The lowest BCUT2D eigenvalue weighted by Crippen LogP contribution is -2.15. The van der Waals surface area contributed by atoms with Crippen LogP contribution in [-0.2, 0) is 10.0 Å². The first-order valence-electron chi connectivity index (χ1n) is 8.06. The Hall–Kier alpha value is -3.04. The van der Waals surface area contributed by atoms with Crippen LogP contribution in [0.4, 0.5) is 11.5 Å². The zero-order chi connectivity index (χ0) is 20.3. The van der Waals surface area contributed by atoms with E-state index in [-0.39, 0.29) is 34.4 Å². The van der Waals surface area contributed by atoms with Crippen LogP contribution in [0.15, 0.2) is 57.9 Å². The van der Waals surface area contributed by atoms with Gasteiger partial charge < -0.3 is 14.9 Å². The van der Waals surface area contributed by atoms with Crippen LogP contribution in [0.25, 0.3) is 0 Å². The van der Waals surface area contributed by atoms with Gasteiger partial charge in [-0.25, -0.2) is 8.42 Å². The number of carbonyl (C=O) groups excluding carboxylic acids is 1. The minimum Gasteiger partial charge on any atom is -0.507 e. The van der Waals surface area contributed by atoms with Gasteiger partial charge in [-0.2, -0.15) is 0 Å². The van der Waals surface area contributed by atoms with Crippen molar-refractivity contribution in [2.75, 3.05) is 16.6 Å². The minimum absolute atomic E-state index is 0.0255. The lowest BCUT2D eigenvalue weighted by Gasteiger charge is -2.09. The highest BCUT2D eigenvalue weighted by molar-refractivity contribution is 7.92. The molecule has 0 atom stereocenters. The number of nitrogens with zero attached hydrogens (tertiary/aromatic N) is 1. The molecule has 3 rings (SSSR count). The Labute approximate surface area is 166 Å². The van der Waals surface area contributed by atoms with Crippen LogP contribution in [0.2, 0.25) is 5.02 Å². The molecular formula is C18H16ClN3O5S. The third-order valence-corrected chi connectivity index (χ3v) is 5.35. The topological polar surface area (TPSA) is 122 Å². The van der Waals surface area contributed by atoms with E-state index in [1.807, 2.05) is 0 Å². The molecule has 0 aliphatic heterocycles. The maximum atomic E-state index is 12.3. The summed E-state index contributed by atoms with van der Waals surface area (Å²) >= 11 is 5.84. The van der Waals surface area contributed by atoms with Crippen molar-refractivity contribution in [1.82, 2.24) is 5.16 Å². The molecule has 28 heavy (non-hydrogen) atoms. The second-order valence-electron chi connectivity index (χ2n) is 5.89. The summed E-state index contributed by atoms with van der Waals surface area (Å²) in [7, 11) is -3.82. The van der Waals surface area contributed by atoms with Crippen LogP contribution in [0.3, 0.4) is 0 Å². The van der Waals surface area contributed by atoms with E-state index in [0.29, 0.717) is 16.5 Å². The van der Waals surface area contributed by atoms with Gasteiger partial charge in [0.1, 0.15) is 11.5 Å². The number of ketones is 1. The van der Waals surface area contributed by atoms with Gasteiger partial charge in [0.05, 0.1) is 17.0 Å². The molecule has 3 aromatic rings. The number of sulfonamides is 1. The number of aromatic nitrogens is 1. The molecule has 1 aromatic heterocycles. The van der Waals surface area contributed by atoms with E-state index >= 15 is 0 Å². The van der Waals surface area contributed by atoms with Crippen molar-refractivity contribution in [1.29, 1.82) is 0 Å². The molecule has 0 fully saturated rings. The van der Waals surface area contributed by atoms with Crippen molar-refractivity contribution in [3.63, 3.8) is 0 Å². The summed E-state index contributed by atoms with van der Waals surface area (Å²) in [5.41, 5.74) is 0.636. The highest BCUT2D eigenvalue weighted by Gasteiger charge is 2.16. The Morgan fingerprint density at radius 1 is 1.18 bits per heavy atom. The van der Waals surface area contributed by atoms with Crippen molar-refractivity contribution in [3.05, 3.63) is 64.9 Å². The van der Waals surface area contributed by atoms with Crippen LogP contribution in [0, 0.1) is 6.92 Å². The van der Waals surface area contributed by atoms with E-state index in [4.69, 9.17) is 16.1 Å². The summed E-state index contributed by atoms with van der Waals surface area (Å²) < 4.78 is 31.8. The number of phenols is 1. The van der Waals surface area contributed by atoms with E-state index in [0.717, 1.165) is 0 Å². The van der Waals surface area contributed by atoms with Crippen LogP contribution in [0.5, 0.6) is 5.75 Å². The maximum Gasteiger partial charge on any atom is 0.263 e. The molecule has 10 heteroatoms. The van der Waals surface area contributed by atoms with Crippen molar-refractivity contribution in [3.8, 4) is 5.75 Å². The Balaban J connectivity index is 1.65. The standard InChI is InChI=1S/C18H16ClN3O5S/c1-11-8-18(21-27-11)22-28(25,26)14-5-3-13(4-6-14)20-10-17(24)15-9-12(19)2-7-16(15)23/h2-9,20,23H,10H2,1H3,(H,21,22). The summed E-state index contributed by atoms with van der Waals surface area (Å²) in [5.74, 6) is 0.0471. The van der Waals surface area contributed by atoms with Crippen LogP contribution >= 0.6 is 11.6 Å². The predicted octanol–water partition coefficient (Wildman–Crippen LogP) is 3.44. The first-order chi connectivity index (χ1) is 13.2. The number of phenolic OH excluding ortho intramolecular Hbond substituents is 1. The Bertz CT molecular complexity index is 1110. The van der Waals surface area contributed by atoms with E-state index in [1.54, 1.807) is 6.92 Å². The number of Topliss-reactive ketones (excluding diaryl/α,β-unsaturated/α-hetero) is 1. The molecule has 2 aromatic carbocycles. The molecular weight excluding hydrogens is 406 g/mol. The molecule has 0 radical (unpaired) electrons. The number of aromatic hydroxyl groups is 1. The number of aryl methyl sites for hydroxylation is 1. The third kappa shape index (κ3) is 4.62. The second kappa shape index (κ2) is 7.91. The van der Waals surface area contributed by atoms with Gasteiger partial charge in [-0.3, -0.25) is 9.52 Å². The van der Waals surface area contributed by atoms with E-state index in [1.165, 1.54) is 48.5 Å². The highest BCUT2D eigenvalue weighted by Crippen LogP contribution is 2.22. The monoisotopic (exact) mass is 421 g/mol. The van der Waals surface area contributed by atoms with Crippen LogP contribution in [0.1, 0.15) is 16.1 Å². The molecule has 1 heterocycles. The Kier molecular flexibility index (Phi) is 5.57. The van der Waals surface area contributed by atoms with Gasteiger partial charge in [0.15, 0.2) is 11.6 Å². The summed E-state index contributed by atoms with van der Waals surface area (Å²) in [6.07, 6.45) is 0. The molecule has 0 amide bonds. The van der Waals surface area contributed by atoms with Gasteiger partial charge in [0, 0.05) is 16.8 Å². The zero-order valence-corrected chi connectivity index (χ0v) is 16.2. The average molecular weight is 422 g/mol. The van der Waals surface area contributed by atoms with Gasteiger partial charge in [0.2, 0.25) is 0 Å². The number of halogens is 1.